The zero-order valence-corrected chi connectivity index (χ0v) is 8.76. The highest BCUT2D eigenvalue weighted by Gasteiger charge is 2.16. The van der Waals surface area contributed by atoms with Gasteiger partial charge in [0.2, 0.25) is 0 Å². The SMILES string of the molecule is N#Cc1c(S)ccc(Br)c1C(=O)O. The minimum absolute atomic E-state index is 0.0463. The molecule has 1 aromatic carbocycles. The van der Waals surface area contributed by atoms with Crippen LogP contribution in [-0.2, 0) is 0 Å². The van der Waals surface area contributed by atoms with Crippen molar-refractivity contribution in [3.63, 3.8) is 0 Å². The van der Waals surface area contributed by atoms with Crippen molar-refractivity contribution in [3.8, 4) is 6.07 Å². The van der Waals surface area contributed by atoms with Crippen LogP contribution in [0.3, 0.4) is 0 Å². The summed E-state index contributed by atoms with van der Waals surface area (Å²) < 4.78 is 0.384. The van der Waals surface area contributed by atoms with Crippen molar-refractivity contribution >= 4 is 34.5 Å². The van der Waals surface area contributed by atoms with Crippen molar-refractivity contribution < 1.29 is 9.90 Å². The number of hydrogen-bond donors (Lipinski definition) is 2. The predicted octanol–water partition coefficient (Wildman–Crippen LogP) is 2.31. The Bertz CT molecular complexity index is 411. The van der Waals surface area contributed by atoms with Gasteiger partial charge in [0.1, 0.15) is 6.07 Å². The smallest absolute Gasteiger partial charge is 0.338 e. The van der Waals surface area contributed by atoms with Crippen LogP contribution in [0.4, 0.5) is 0 Å². The van der Waals surface area contributed by atoms with Crippen LogP contribution in [0.5, 0.6) is 0 Å². The molecular formula is C8H4BrNO2S. The first kappa shape index (κ1) is 10.1. The Balaban J connectivity index is 3.55. The van der Waals surface area contributed by atoms with E-state index >= 15 is 0 Å². The molecule has 0 unspecified atom stereocenters. The minimum Gasteiger partial charge on any atom is -0.478 e. The van der Waals surface area contributed by atoms with Gasteiger partial charge in [0, 0.05) is 9.37 Å². The molecule has 0 heterocycles. The fraction of sp³-hybridized carbons (Fsp3) is 0. The molecule has 1 rings (SSSR count). The first-order valence-corrected chi connectivity index (χ1v) is 4.46. The van der Waals surface area contributed by atoms with Gasteiger partial charge in [-0.1, -0.05) is 0 Å². The zero-order valence-electron chi connectivity index (χ0n) is 6.28. The number of thiol groups is 1. The lowest BCUT2D eigenvalue weighted by Crippen LogP contribution is -2.02. The number of benzene rings is 1. The number of nitriles is 1. The van der Waals surface area contributed by atoms with Crippen LogP contribution in [0, 0.1) is 11.3 Å². The topological polar surface area (TPSA) is 61.1 Å². The first-order valence-electron chi connectivity index (χ1n) is 3.22. The third kappa shape index (κ3) is 1.85. The standard InChI is InChI=1S/C8H4BrNO2S/c9-5-1-2-6(13)4(3-10)7(5)8(11)12/h1-2,13H,(H,11,12). The molecule has 0 fully saturated rings. The zero-order chi connectivity index (χ0) is 10.0. The van der Waals surface area contributed by atoms with Crippen molar-refractivity contribution in [2.75, 3.05) is 0 Å². The number of halogens is 1. The molecule has 0 radical (unpaired) electrons. The molecule has 0 aliphatic carbocycles. The molecule has 13 heavy (non-hydrogen) atoms. The number of carboxylic acids is 1. The second-order valence-electron chi connectivity index (χ2n) is 2.23. The number of carbonyl (C=O) groups is 1. The van der Waals surface area contributed by atoms with Gasteiger partial charge in [-0.15, -0.1) is 12.6 Å². The van der Waals surface area contributed by atoms with Gasteiger partial charge < -0.3 is 5.11 Å². The molecule has 0 atom stereocenters. The Morgan fingerprint density at radius 1 is 1.62 bits per heavy atom. The normalized spacial score (nSPS) is 9.31. The first-order chi connectivity index (χ1) is 6.07. The second kappa shape index (κ2) is 3.81. The number of hydrogen-bond acceptors (Lipinski definition) is 3. The molecule has 1 N–H and O–H groups in total. The highest BCUT2D eigenvalue weighted by Crippen LogP contribution is 2.25. The van der Waals surface area contributed by atoms with Crippen LogP contribution in [-0.4, -0.2) is 11.1 Å². The van der Waals surface area contributed by atoms with Crippen molar-refractivity contribution in [3.05, 3.63) is 27.7 Å². The fourth-order valence-corrected chi connectivity index (χ4v) is 1.62. The highest BCUT2D eigenvalue weighted by molar-refractivity contribution is 9.10. The predicted molar refractivity (Wildman–Crippen MR) is 53.1 cm³/mol. The van der Waals surface area contributed by atoms with Gasteiger partial charge in [0.25, 0.3) is 0 Å². The molecule has 0 saturated carbocycles. The summed E-state index contributed by atoms with van der Waals surface area (Å²) in [6.07, 6.45) is 0. The van der Waals surface area contributed by atoms with Crippen LogP contribution in [0.2, 0.25) is 0 Å². The van der Waals surface area contributed by atoms with Gasteiger partial charge in [-0.05, 0) is 28.1 Å². The molecule has 0 spiro atoms. The second-order valence-corrected chi connectivity index (χ2v) is 3.57. The van der Waals surface area contributed by atoms with E-state index in [1.165, 1.54) is 0 Å². The molecule has 1 aromatic rings. The fourth-order valence-electron chi connectivity index (χ4n) is 0.889. The van der Waals surface area contributed by atoms with Crippen LogP contribution >= 0.6 is 28.6 Å². The molecule has 0 amide bonds. The number of carboxylic acid groups (broad SMARTS) is 1. The van der Waals surface area contributed by atoms with E-state index < -0.39 is 5.97 Å². The third-order valence-electron chi connectivity index (χ3n) is 1.46. The lowest BCUT2D eigenvalue weighted by atomic mass is 10.1. The van der Waals surface area contributed by atoms with Gasteiger partial charge in [-0.3, -0.25) is 0 Å². The van der Waals surface area contributed by atoms with E-state index in [4.69, 9.17) is 10.4 Å². The van der Waals surface area contributed by atoms with Crippen molar-refractivity contribution in [1.29, 1.82) is 5.26 Å². The maximum atomic E-state index is 10.7. The quantitative estimate of drug-likeness (QED) is 0.760. The molecule has 0 aliphatic rings. The van der Waals surface area contributed by atoms with Crippen molar-refractivity contribution in [2.45, 2.75) is 4.90 Å². The summed E-state index contributed by atoms with van der Waals surface area (Å²) in [7, 11) is 0. The number of rotatable bonds is 1. The summed E-state index contributed by atoms with van der Waals surface area (Å²) in [6.45, 7) is 0. The molecule has 5 heteroatoms. The van der Waals surface area contributed by atoms with Crippen molar-refractivity contribution in [2.24, 2.45) is 0 Å². The van der Waals surface area contributed by atoms with E-state index in [9.17, 15) is 4.79 Å². The Labute approximate surface area is 88.5 Å². The summed E-state index contributed by atoms with van der Waals surface area (Å²) in [5.41, 5.74) is 0.0280. The van der Waals surface area contributed by atoms with E-state index in [-0.39, 0.29) is 11.1 Å². The van der Waals surface area contributed by atoms with E-state index in [0.29, 0.717) is 9.37 Å². The summed E-state index contributed by atoms with van der Waals surface area (Å²) in [4.78, 5) is 11.1. The maximum absolute atomic E-state index is 10.7. The van der Waals surface area contributed by atoms with Crippen LogP contribution < -0.4 is 0 Å². The van der Waals surface area contributed by atoms with E-state index in [1.54, 1.807) is 18.2 Å². The molecule has 0 aliphatic heterocycles. The average molecular weight is 258 g/mol. The van der Waals surface area contributed by atoms with E-state index in [2.05, 4.69) is 28.6 Å². The van der Waals surface area contributed by atoms with E-state index in [1.807, 2.05) is 0 Å². The molecule has 3 nitrogen and oxygen atoms in total. The highest BCUT2D eigenvalue weighted by atomic mass is 79.9. The summed E-state index contributed by atoms with van der Waals surface area (Å²) in [5, 5.41) is 17.5. The van der Waals surface area contributed by atoms with Gasteiger partial charge >= 0.3 is 5.97 Å². The summed E-state index contributed by atoms with van der Waals surface area (Å²) in [6, 6.07) is 4.91. The van der Waals surface area contributed by atoms with Gasteiger partial charge in [0.05, 0.1) is 11.1 Å². The Morgan fingerprint density at radius 3 is 2.62 bits per heavy atom. The molecule has 66 valence electrons. The molecular weight excluding hydrogens is 254 g/mol. The monoisotopic (exact) mass is 257 g/mol. The van der Waals surface area contributed by atoms with Crippen molar-refractivity contribution in [1.82, 2.24) is 0 Å². The maximum Gasteiger partial charge on any atom is 0.338 e. The third-order valence-corrected chi connectivity index (χ3v) is 2.49. The van der Waals surface area contributed by atoms with Crippen LogP contribution in [0.1, 0.15) is 15.9 Å². The average Bonchev–Trinajstić information content (AvgIpc) is 2.07. The van der Waals surface area contributed by atoms with E-state index in [0.717, 1.165) is 0 Å². The largest absolute Gasteiger partial charge is 0.478 e. The number of aromatic carboxylic acids is 1. The van der Waals surface area contributed by atoms with Gasteiger partial charge in [-0.2, -0.15) is 5.26 Å². The lowest BCUT2D eigenvalue weighted by molar-refractivity contribution is 0.0695. The molecule has 0 aromatic heterocycles. The van der Waals surface area contributed by atoms with Gasteiger partial charge in [-0.25, -0.2) is 4.79 Å². The molecule has 0 saturated heterocycles. The minimum atomic E-state index is -1.14. The number of nitrogens with zero attached hydrogens (tertiary/aromatic N) is 1. The van der Waals surface area contributed by atoms with Crippen LogP contribution in [0.25, 0.3) is 0 Å². The Hall–Kier alpha value is -0.990. The van der Waals surface area contributed by atoms with Crippen LogP contribution in [0.15, 0.2) is 21.5 Å². The summed E-state index contributed by atoms with van der Waals surface area (Å²) in [5.74, 6) is -1.14. The van der Waals surface area contributed by atoms with Gasteiger partial charge in [0.15, 0.2) is 0 Å². The summed E-state index contributed by atoms with van der Waals surface area (Å²) >= 11 is 7.04. The Morgan fingerprint density at radius 2 is 2.23 bits per heavy atom. The lowest BCUT2D eigenvalue weighted by Gasteiger charge is -2.03. The molecule has 0 bridgehead atoms. The Kier molecular flexibility index (Phi) is 2.96.